The summed E-state index contributed by atoms with van der Waals surface area (Å²) in [5, 5.41) is 0. The summed E-state index contributed by atoms with van der Waals surface area (Å²) in [6, 6.07) is 1.22. The molecule has 0 fully saturated rings. The van der Waals surface area contributed by atoms with Gasteiger partial charge in [0.05, 0.1) is 8.07 Å². The van der Waals surface area contributed by atoms with Crippen LogP contribution in [0, 0.1) is 0 Å². The Labute approximate surface area is 127 Å². The molecule has 0 heterocycles. The summed E-state index contributed by atoms with van der Waals surface area (Å²) >= 11 is 10.4. The van der Waals surface area contributed by atoms with Gasteiger partial charge < -0.3 is 0 Å². The molecule has 0 rings (SSSR count). The van der Waals surface area contributed by atoms with Crippen LogP contribution >= 0.6 is 22.2 Å². The molecular weight excluding hydrogens is 295 g/mol. The molecule has 0 amide bonds. The van der Waals surface area contributed by atoms with Crippen LogP contribution in [0.5, 0.6) is 0 Å². The average molecular weight is 325 g/mol. The molecule has 0 aromatic carbocycles. The SMILES string of the molecule is C=CC.C=CC.C=C[Si](C)(C=C)CC.C[SiH](Cl)Cl. The maximum atomic E-state index is 5.18. The van der Waals surface area contributed by atoms with Crippen LogP contribution in [0.2, 0.25) is 19.1 Å². The van der Waals surface area contributed by atoms with E-state index in [0.717, 1.165) is 0 Å². The van der Waals surface area contributed by atoms with Gasteiger partial charge in [-0.2, -0.15) is 22.2 Å². The first-order valence-corrected chi connectivity index (χ1v) is 13.4. The van der Waals surface area contributed by atoms with Crippen LogP contribution in [0.15, 0.2) is 49.9 Å². The number of allylic oxidation sites excluding steroid dienone is 2. The van der Waals surface area contributed by atoms with Crippen LogP contribution in [0.1, 0.15) is 20.8 Å². The summed E-state index contributed by atoms with van der Waals surface area (Å²) < 4.78 is 0. The molecule has 0 aromatic rings. The molecule has 0 aliphatic rings. The van der Waals surface area contributed by atoms with Gasteiger partial charge in [0.15, 0.2) is 0 Å². The molecule has 0 radical (unpaired) electrons. The molecule has 0 N–H and O–H groups in total. The topological polar surface area (TPSA) is 0 Å². The molecule has 0 saturated carbocycles. The van der Waals surface area contributed by atoms with Gasteiger partial charge in [0.1, 0.15) is 0 Å². The third kappa shape index (κ3) is 44.5. The van der Waals surface area contributed by atoms with Crippen molar-refractivity contribution in [3.8, 4) is 0 Å². The number of rotatable bonds is 3. The van der Waals surface area contributed by atoms with Crippen molar-refractivity contribution >= 4 is 37.6 Å². The lowest BCUT2D eigenvalue weighted by Gasteiger charge is -2.13. The van der Waals surface area contributed by atoms with Crippen LogP contribution in [-0.4, -0.2) is 15.5 Å². The van der Waals surface area contributed by atoms with Crippen LogP contribution in [0.3, 0.4) is 0 Å². The first-order chi connectivity index (χ1) is 8.24. The van der Waals surface area contributed by atoms with E-state index in [9.17, 15) is 0 Å². The summed E-state index contributed by atoms with van der Waals surface area (Å²) in [7, 11) is -2.34. The van der Waals surface area contributed by atoms with Crippen molar-refractivity contribution in [1.29, 1.82) is 0 Å². The summed E-state index contributed by atoms with van der Waals surface area (Å²) in [6.07, 6.45) is 3.50. The highest BCUT2D eigenvalue weighted by atomic mass is 35.7. The second kappa shape index (κ2) is 22.2. The van der Waals surface area contributed by atoms with Crippen molar-refractivity contribution in [2.24, 2.45) is 0 Å². The van der Waals surface area contributed by atoms with Crippen molar-refractivity contribution in [3.63, 3.8) is 0 Å². The Hall–Kier alpha value is -0.0262. The summed E-state index contributed by atoms with van der Waals surface area (Å²) in [5.74, 6) is 0. The van der Waals surface area contributed by atoms with E-state index < -0.39 is 15.5 Å². The molecular formula is C14H30Cl2Si2. The summed E-state index contributed by atoms with van der Waals surface area (Å²) in [4.78, 5) is 0. The third-order valence-electron chi connectivity index (χ3n) is 1.69. The molecule has 0 aromatic heterocycles. The molecule has 0 aliphatic heterocycles. The predicted octanol–water partition coefficient (Wildman–Crippen LogP) is 6.23. The van der Waals surface area contributed by atoms with Crippen LogP contribution in [0.25, 0.3) is 0 Å². The van der Waals surface area contributed by atoms with Gasteiger partial charge in [0, 0.05) is 0 Å². The summed E-state index contributed by atoms with van der Waals surface area (Å²) in [6.45, 7) is 24.3. The molecule has 0 bridgehead atoms. The van der Waals surface area contributed by atoms with Crippen molar-refractivity contribution in [3.05, 3.63) is 49.9 Å². The highest BCUT2D eigenvalue weighted by Crippen LogP contribution is 2.09. The smallest absolute Gasteiger partial charge is 0.151 e. The van der Waals surface area contributed by atoms with Crippen LogP contribution < -0.4 is 0 Å². The quantitative estimate of drug-likeness (QED) is 0.327. The number of hydrogen-bond acceptors (Lipinski definition) is 0. The Morgan fingerprint density at radius 2 is 1.17 bits per heavy atom. The fraction of sp³-hybridized carbons (Fsp3) is 0.429. The average Bonchev–Trinajstić information content (AvgIpc) is 2.29. The molecule has 0 saturated heterocycles. The first-order valence-electron chi connectivity index (χ1n) is 5.94. The minimum Gasteiger partial charge on any atom is -0.151 e. The third-order valence-corrected chi connectivity index (χ3v) is 5.08. The number of hydrogen-bond donors (Lipinski definition) is 0. The maximum Gasteiger partial charge on any atom is 0.234 e. The van der Waals surface area contributed by atoms with E-state index in [1.807, 2.05) is 20.4 Å². The van der Waals surface area contributed by atoms with Crippen LogP contribution in [0.4, 0.5) is 0 Å². The van der Waals surface area contributed by atoms with E-state index in [4.69, 9.17) is 22.2 Å². The lowest BCUT2D eigenvalue weighted by atomic mass is 10.8. The lowest BCUT2D eigenvalue weighted by Crippen LogP contribution is -2.21. The van der Waals surface area contributed by atoms with Gasteiger partial charge in [-0.1, -0.05) is 43.1 Å². The van der Waals surface area contributed by atoms with Gasteiger partial charge in [-0.3, -0.25) is 0 Å². The maximum absolute atomic E-state index is 5.18. The van der Waals surface area contributed by atoms with Crippen molar-refractivity contribution in [2.75, 3.05) is 0 Å². The van der Waals surface area contributed by atoms with E-state index in [1.165, 1.54) is 6.04 Å². The zero-order chi connectivity index (χ0) is 15.6. The van der Waals surface area contributed by atoms with Crippen molar-refractivity contribution in [1.82, 2.24) is 0 Å². The zero-order valence-electron chi connectivity index (χ0n) is 12.7. The first kappa shape index (κ1) is 26.5. The molecule has 0 unspecified atom stereocenters. The molecule has 18 heavy (non-hydrogen) atoms. The zero-order valence-corrected chi connectivity index (χ0v) is 16.3. The van der Waals surface area contributed by atoms with Gasteiger partial charge in [0.25, 0.3) is 0 Å². The molecule has 0 spiro atoms. The largest absolute Gasteiger partial charge is 0.234 e. The van der Waals surface area contributed by atoms with Crippen molar-refractivity contribution < 1.29 is 0 Å². The van der Waals surface area contributed by atoms with E-state index in [1.54, 1.807) is 12.2 Å². The molecule has 0 atom stereocenters. The molecule has 108 valence electrons. The second-order valence-corrected chi connectivity index (χ2v) is 13.8. The standard InChI is InChI=1S/C7H14Si.2C3H6.CH4Cl2Si/c1-5-8(4,6-2)7-3;2*1-3-2;1-4(2)3/h5-6H,1-2,7H2,3-4H3;2*3H,1H2,2H3;4H,1H3. The van der Waals surface area contributed by atoms with Gasteiger partial charge >= 0.3 is 0 Å². The molecule has 4 heteroatoms. The Kier molecular flexibility index (Phi) is 32.7. The minimum absolute atomic E-state index is 1.14. The molecule has 0 nitrogen and oxygen atoms in total. The monoisotopic (exact) mass is 324 g/mol. The Balaban J connectivity index is -0.0000000827. The van der Waals surface area contributed by atoms with E-state index in [-0.39, 0.29) is 0 Å². The summed E-state index contributed by atoms with van der Waals surface area (Å²) in [5.41, 5.74) is 4.14. The fourth-order valence-electron chi connectivity index (χ4n) is 0.372. The Morgan fingerprint density at radius 1 is 1.00 bits per heavy atom. The lowest BCUT2D eigenvalue weighted by molar-refractivity contribution is 1.40. The minimum atomic E-state index is -1.19. The Bertz CT molecular complexity index is 185. The van der Waals surface area contributed by atoms with Crippen molar-refractivity contribution in [2.45, 2.75) is 39.9 Å². The van der Waals surface area contributed by atoms with E-state index >= 15 is 0 Å². The van der Waals surface area contributed by atoms with Gasteiger partial charge in [0.2, 0.25) is 7.42 Å². The Morgan fingerprint density at radius 3 is 1.17 bits per heavy atom. The predicted molar refractivity (Wildman–Crippen MR) is 99.0 cm³/mol. The molecule has 0 aliphatic carbocycles. The highest BCUT2D eigenvalue weighted by Gasteiger charge is 2.13. The van der Waals surface area contributed by atoms with Gasteiger partial charge in [-0.25, -0.2) is 0 Å². The van der Waals surface area contributed by atoms with Gasteiger partial charge in [-0.05, 0) is 20.4 Å². The second-order valence-electron chi connectivity index (χ2n) is 3.60. The normalized spacial score (nSPS) is 8.22. The van der Waals surface area contributed by atoms with E-state index in [2.05, 4.69) is 51.2 Å². The highest BCUT2D eigenvalue weighted by molar-refractivity contribution is 7.33. The fourth-order valence-corrected chi connectivity index (χ4v) is 1.12. The van der Waals surface area contributed by atoms with Crippen LogP contribution in [-0.2, 0) is 0 Å². The van der Waals surface area contributed by atoms with Gasteiger partial charge in [-0.15, -0.1) is 26.3 Å². The van der Waals surface area contributed by atoms with E-state index in [0.29, 0.717) is 0 Å². The number of halogens is 2.